The predicted octanol–water partition coefficient (Wildman–Crippen LogP) is 3.20. The highest BCUT2D eigenvalue weighted by Gasteiger charge is 2.29. The first kappa shape index (κ1) is 15.8. The Hall–Kier alpha value is -1.11. The third-order valence-electron chi connectivity index (χ3n) is 4.00. The van der Waals surface area contributed by atoms with E-state index < -0.39 is 5.60 Å². The van der Waals surface area contributed by atoms with Crippen molar-refractivity contribution in [1.29, 1.82) is 0 Å². The highest BCUT2D eigenvalue weighted by Crippen LogP contribution is 2.29. The van der Waals surface area contributed by atoms with E-state index in [9.17, 15) is 9.90 Å². The van der Waals surface area contributed by atoms with Gasteiger partial charge in [-0.15, -0.1) is 11.3 Å². The van der Waals surface area contributed by atoms with E-state index in [4.69, 9.17) is 0 Å². The van der Waals surface area contributed by atoms with Gasteiger partial charge in [0.2, 0.25) is 5.91 Å². The van der Waals surface area contributed by atoms with Gasteiger partial charge in [0.25, 0.3) is 0 Å². The fraction of sp³-hybridized carbons (Fsp3) is 0.500. The Labute approximate surface area is 138 Å². The van der Waals surface area contributed by atoms with Crippen molar-refractivity contribution >= 4 is 39.2 Å². The van der Waals surface area contributed by atoms with Gasteiger partial charge in [-0.2, -0.15) is 0 Å². The summed E-state index contributed by atoms with van der Waals surface area (Å²) in [7, 11) is 0. The lowest BCUT2D eigenvalue weighted by molar-refractivity contribution is -0.120. The van der Waals surface area contributed by atoms with Crippen molar-refractivity contribution in [3.05, 3.63) is 24.3 Å². The lowest BCUT2D eigenvalue weighted by Crippen LogP contribution is -2.44. The summed E-state index contributed by atoms with van der Waals surface area (Å²) in [6.45, 7) is 0.367. The number of benzene rings is 1. The molecule has 3 rings (SSSR count). The van der Waals surface area contributed by atoms with Gasteiger partial charge in [-0.05, 0) is 25.0 Å². The summed E-state index contributed by atoms with van der Waals surface area (Å²) >= 11 is 3.06. The molecule has 1 aromatic heterocycles. The maximum Gasteiger partial charge on any atom is 0.230 e. The van der Waals surface area contributed by atoms with Gasteiger partial charge in [0.05, 0.1) is 21.6 Å². The smallest absolute Gasteiger partial charge is 0.230 e. The van der Waals surface area contributed by atoms with Crippen LogP contribution >= 0.6 is 23.1 Å². The minimum absolute atomic E-state index is 0.0387. The number of amides is 1. The number of aromatic nitrogens is 1. The molecule has 6 heteroatoms. The van der Waals surface area contributed by atoms with Gasteiger partial charge in [-0.25, -0.2) is 4.98 Å². The molecule has 1 saturated carbocycles. The van der Waals surface area contributed by atoms with Crippen LogP contribution in [0.4, 0.5) is 0 Å². The zero-order valence-electron chi connectivity index (χ0n) is 12.4. The van der Waals surface area contributed by atoms with Crippen LogP contribution in [0.15, 0.2) is 28.6 Å². The zero-order valence-corrected chi connectivity index (χ0v) is 14.0. The van der Waals surface area contributed by atoms with Crippen molar-refractivity contribution in [3.63, 3.8) is 0 Å². The molecule has 1 heterocycles. The van der Waals surface area contributed by atoms with E-state index in [1.165, 1.54) is 18.2 Å². The second-order valence-corrected chi connectivity index (χ2v) is 8.05. The van der Waals surface area contributed by atoms with Crippen LogP contribution in [0.2, 0.25) is 0 Å². The standard InChI is InChI=1S/C16H20N2O2S2/c19-14(17-11-16(20)8-4-1-5-9-16)10-21-15-18-12-6-2-3-7-13(12)22-15/h2-3,6-7,20H,1,4-5,8-11H2,(H,17,19). The summed E-state index contributed by atoms with van der Waals surface area (Å²) in [6.07, 6.45) is 4.86. The van der Waals surface area contributed by atoms with Crippen LogP contribution in [0.3, 0.4) is 0 Å². The number of hydrogen-bond donors (Lipinski definition) is 2. The number of carbonyl (C=O) groups is 1. The van der Waals surface area contributed by atoms with Crippen LogP contribution in [-0.2, 0) is 4.79 Å². The van der Waals surface area contributed by atoms with E-state index >= 15 is 0 Å². The number of rotatable bonds is 5. The average molecular weight is 336 g/mol. The Bertz CT molecular complexity index is 617. The molecule has 1 fully saturated rings. The molecular formula is C16H20N2O2S2. The fourth-order valence-electron chi connectivity index (χ4n) is 2.74. The number of carbonyl (C=O) groups excluding carboxylic acids is 1. The van der Waals surface area contributed by atoms with Crippen LogP contribution in [0.1, 0.15) is 32.1 Å². The SMILES string of the molecule is O=C(CSc1nc2ccccc2s1)NCC1(O)CCCCC1. The maximum atomic E-state index is 12.0. The molecule has 2 aromatic rings. The normalized spacial score (nSPS) is 17.5. The minimum atomic E-state index is -0.700. The number of nitrogens with zero attached hydrogens (tertiary/aromatic N) is 1. The minimum Gasteiger partial charge on any atom is -0.388 e. The number of thiazole rings is 1. The number of fused-ring (bicyclic) bond motifs is 1. The summed E-state index contributed by atoms with van der Waals surface area (Å²) in [4.78, 5) is 16.5. The lowest BCUT2D eigenvalue weighted by atomic mass is 9.85. The highest BCUT2D eigenvalue weighted by atomic mass is 32.2. The molecule has 0 radical (unpaired) electrons. The number of thioether (sulfide) groups is 1. The van der Waals surface area contributed by atoms with Gasteiger partial charge >= 0.3 is 0 Å². The largest absolute Gasteiger partial charge is 0.388 e. The molecule has 4 nitrogen and oxygen atoms in total. The van der Waals surface area contributed by atoms with E-state index in [1.54, 1.807) is 11.3 Å². The monoisotopic (exact) mass is 336 g/mol. The Morgan fingerprint density at radius 1 is 1.32 bits per heavy atom. The van der Waals surface area contributed by atoms with E-state index in [-0.39, 0.29) is 5.91 Å². The molecule has 0 bridgehead atoms. The number of aliphatic hydroxyl groups is 1. The molecular weight excluding hydrogens is 316 g/mol. The zero-order chi connectivity index (χ0) is 15.4. The van der Waals surface area contributed by atoms with Crippen molar-refractivity contribution in [1.82, 2.24) is 10.3 Å². The number of nitrogens with one attached hydrogen (secondary N) is 1. The molecule has 1 aliphatic carbocycles. The third kappa shape index (κ3) is 4.00. The quantitative estimate of drug-likeness (QED) is 0.823. The van der Waals surface area contributed by atoms with Crippen LogP contribution in [0.25, 0.3) is 10.2 Å². The Balaban J connectivity index is 1.47. The molecule has 1 aromatic carbocycles. The summed E-state index contributed by atoms with van der Waals surface area (Å²) in [5, 5.41) is 13.2. The molecule has 2 N–H and O–H groups in total. The highest BCUT2D eigenvalue weighted by molar-refractivity contribution is 8.01. The first-order valence-electron chi connectivity index (χ1n) is 7.62. The van der Waals surface area contributed by atoms with Gasteiger partial charge in [0.15, 0.2) is 4.34 Å². The van der Waals surface area contributed by atoms with Crippen molar-refractivity contribution in [2.45, 2.75) is 42.0 Å². The topological polar surface area (TPSA) is 62.2 Å². The van der Waals surface area contributed by atoms with E-state index in [2.05, 4.69) is 10.3 Å². The molecule has 0 atom stereocenters. The fourth-order valence-corrected chi connectivity index (χ4v) is 4.64. The van der Waals surface area contributed by atoms with Crippen molar-refractivity contribution < 1.29 is 9.90 Å². The number of para-hydroxylation sites is 1. The second kappa shape index (κ2) is 6.98. The number of hydrogen-bond acceptors (Lipinski definition) is 5. The van der Waals surface area contributed by atoms with Crippen LogP contribution < -0.4 is 5.32 Å². The van der Waals surface area contributed by atoms with Crippen LogP contribution in [-0.4, -0.2) is 33.9 Å². The first-order chi connectivity index (χ1) is 10.6. The van der Waals surface area contributed by atoms with Gasteiger partial charge in [-0.3, -0.25) is 4.79 Å². The van der Waals surface area contributed by atoms with E-state index in [0.717, 1.165) is 40.2 Å². The summed E-state index contributed by atoms with van der Waals surface area (Å²) in [5.41, 5.74) is 0.279. The predicted molar refractivity (Wildman–Crippen MR) is 91.4 cm³/mol. The Kier molecular flexibility index (Phi) is 5.00. The molecule has 22 heavy (non-hydrogen) atoms. The van der Waals surface area contributed by atoms with Crippen molar-refractivity contribution in [3.8, 4) is 0 Å². The van der Waals surface area contributed by atoms with Gasteiger partial charge < -0.3 is 10.4 Å². The molecule has 0 aliphatic heterocycles. The second-order valence-electron chi connectivity index (χ2n) is 5.80. The van der Waals surface area contributed by atoms with Crippen molar-refractivity contribution in [2.24, 2.45) is 0 Å². The average Bonchev–Trinajstić information content (AvgIpc) is 2.95. The summed E-state index contributed by atoms with van der Waals surface area (Å²) in [5.74, 6) is 0.305. The first-order valence-corrected chi connectivity index (χ1v) is 9.42. The molecule has 1 amide bonds. The van der Waals surface area contributed by atoms with Gasteiger partial charge in [0.1, 0.15) is 0 Å². The molecule has 0 unspecified atom stereocenters. The molecule has 0 saturated heterocycles. The summed E-state index contributed by atoms with van der Waals surface area (Å²) in [6, 6.07) is 7.98. The molecule has 0 spiro atoms. The van der Waals surface area contributed by atoms with Crippen LogP contribution in [0.5, 0.6) is 0 Å². The maximum absolute atomic E-state index is 12.0. The molecule has 118 valence electrons. The Morgan fingerprint density at radius 3 is 2.86 bits per heavy atom. The third-order valence-corrected chi connectivity index (χ3v) is 6.18. The Morgan fingerprint density at radius 2 is 2.09 bits per heavy atom. The van der Waals surface area contributed by atoms with E-state index in [0.29, 0.717) is 12.3 Å². The van der Waals surface area contributed by atoms with Crippen LogP contribution in [0, 0.1) is 0 Å². The lowest BCUT2D eigenvalue weighted by Gasteiger charge is -2.32. The van der Waals surface area contributed by atoms with Gasteiger partial charge in [-0.1, -0.05) is 43.2 Å². The van der Waals surface area contributed by atoms with E-state index in [1.807, 2.05) is 24.3 Å². The van der Waals surface area contributed by atoms with Gasteiger partial charge in [0, 0.05) is 6.54 Å². The van der Waals surface area contributed by atoms with Crippen molar-refractivity contribution in [2.75, 3.05) is 12.3 Å². The molecule has 1 aliphatic rings. The summed E-state index contributed by atoms with van der Waals surface area (Å²) < 4.78 is 2.05.